The van der Waals surface area contributed by atoms with Crippen LogP contribution in [0.5, 0.6) is 0 Å². The summed E-state index contributed by atoms with van der Waals surface area (Å²) in [6.07, 6.45) is 6.07. The minimum atomic E-state index is -0.511. The Hall–Kier alpha value is -2.58. The molecule has 1 saturated carbocycles. The second kappa shape index (κ2) is 10.1. The van der Waals surface area contributed by atoms with Crippen molar-refractivity contribution in [3.8, 4) is 0 Å². The number of nitrogens with two attached hydrogens (primary N) is 1. The number of nitrogens with zero attached hydrogens (tertiary/aromatic N) is 2. The molecule has 0 unspecified atom stereocenters. The number of hydrogen-bond donors (Lipinski definition) is 3. The molecule has 1 heterocycles. The van der Waals surface area contributed by atoms with Crippen molar-refractivity contribution in [2.45, 2.75) is 44.3 Å². The van der Waals surface area contributed by atoms with Gasteiger partial charge in [0, 0.05) is 31.0 Å². The van der Waals surface area contributed by atoms with Crippen LogP contribution in [0, 0.1) is 5.82 Å². The Labute approximate surface area is 168 Å². The van der Waals surface area contributed by atoms with Crippen LogP contribution in [0.3, 0.4) is 0 Å². The molecule has 2 amide bonds. The maximum atomic E-state index is 12.9. The normalized spacial score (nSPS) is 18.6. The van der Waals surface area contributed by atoms with Gasteiger partial charge in [-0.25, -0.2) is 14.4 Å². The summed E-state index contributed by atoms with van der Waals surface area (Å²) in [7, 11) is 0. The molecule has 9 heteroatoms. The summed E-state index contributed by atoms with van der Waals surface area (Å²) in [6, 6.07) is 6.00. The predicted molar refractivity (Wildman–Crippen MR) is 105 cm³/mol. The van der Waals surface area contributed by atoms with Crippen LogP contribution >= 0.6 is 12.4 Å². The standard InChI is InChI=1S/C19H22FN5O2.ClH/c20-13-3-1-12(2-4-13)11-24-18(26)16-17(23-10-9-22-16)19(27)25-15-7-5-14(21)6-8-15;/h1-4,9-10,14-15H,5-8,11,21H2,(H,24,26)(H,25,27);1H. The number of nitrogens with one attached hydrogen (secondary N) is 2. The first kappa shape index (κ1) is 21.7. The second-order valence-corrected chi connectivity index (χ2v) is 6.65. The minimum absolute atomic E-state index is 0. The van der Waals surface area contributed by atoms with E-state index >= 15 is 0 Å². The number of halogens is 2. The first-order valence-electron chi connectivity index (χ1n) is 8.93. The molecule has 0 saturated heterocycles. The Morgan fingerprint density at radius 1 is 1.00 bits per heavy atom. The molecule has 2 aromatic rings. The first-order chi connectivity index (χ1) is 13.0. The van der Waals surface area contributed by atoms with E-state index in [0.717, 1.165) is 31.2 Å². The zero-order valence-corrected chi connectivity index (χ0v) is 16.0. The SMILES string of the molecule is Cl.NC1CCC(NC(=O)c2nccnc2C(=O)NCc2ccc(F)cc2)CC1. The minimum Gasteiger partial charge on any atom is -0.348 e. The van der Waals surface area contributed by atoms with E-state index in [9.17, 15) is 14.0 Å². The summed E-state index contributed by atoms with van der Waals surface area (Å²) in [5.41, 5.74) is 6.57. The van der Waals surface area contributed by atoms with Crippen LogP contribution in [-0.2, 0) is 6.54 Å². The highest BCUT2D eigenvalue weighted by molar-refractivity contribution is 6.04. The predicted octanol–water partition coefficient (Wildman–Crippen LogP) is 1.97. The average Bonchev–Trinajstić information content (AvgIpc) is 2.69. The molecule has 0 bridgehead atoms. The molecular formula is C19H23ClFN5O2. The molecule has 1 aromatic heterocycles. The Morgan fingerprint density at radius 3 is 2.18 bits per heavy atom. The Bertz CT molecular complexity index is 810. The summed E-state index contributed by atoms with van der Waals surface area (Å²) in [4.78, 5) is 33.1. The van der Waals surface area contributed by atoms with Crippen molar-refractivity contribution in [3.63, 3.8) is 0 Å². The molecule has 150 valence electrons. The maximum Gasteiger partial charge on any atom is 0.272 e. The second-order valence-electron chi connectivity index (χ2n) is 6.65. The Kier molecular flexibility index (Phi) is 7.83. The number of aromatic nitrogens is 2. The van der Waals surface area contributed by atoms with Crippen molar-refractivity contribution < 1.29 is 14.0 Å². The molecule has 0 atom stereocenters. The molecule has 1 aromatic carbocycles. The van der Waals surface area contributed by atoms with Crippen LogP contribution in [0.2, 0.25) is 0 Å². The summed E-state index contributed by atoms with van der Waals surface area (Å²) in [6.45, 7) is 0.192. The largest absolute Gasteiger partial charge is 0.348 e. The van der Waals surface area contributed by atoms with Crippen LogP contribution in [-0.4, -0.2) is 33.9 Å². The Balaban J connectivity index is 0.00000280. The molecule has 1 aliphatic rings. The van der Waals surface area contributed by atoms with Gasteiger partial charge >= 0.3 is 0 Å². The summed E-state index contributed by atoms with van der Waals surface area (Å²) in [5.74, 6) is -1.28. The van der Waals surface area contributed by atoms with Crippen molar-refractivity contribution in [1.29, 1.82) is 0 Å². The fourth-order valence-corrected chi connectivity index (χ4v) is 3.06. The van der Waals surface area contributed by atoms with Gasteiger partial charge in [-0.15, -0.1) is 12.4 Å². The first-order valence-corrected chi connectivity index (χ1v) is 8.93. The van der Waals surface area contributed by atoms with Crippen LogP contribution in [0.25, 0.3) is 0 Å². The van der Waals surface area contributed by atoms with Gasteiger partial charge in [0.25, 0.3) is 11.8 Å². The van der Waals surface area contributed by atoms with Crippen LogP contribution < -0.4 is 16.4 Å². The molecule has 3 rings (SSSR count). The number of carbonyl (C=O) groups excluding carboxylic acids is 2. The van der Waals surface area contributed by atoms with E-state index in [1.54, 1.807) is 12.1 Å². The zero-order valence-electron chi connectivity index (χ0n) is 15.2. The summed E-state index contributed by atoms with van der Waals surface area (Å²) < 4.78 is 12.9. The lowest BCUT2D eigenvalue weighted by molar-refractivity contribution is 0.0893. The van der Waals surface area contributed by atoms with Gasteiger partial charge in [-0.3, -0.25) is 9.59 Å². The maximum absolute atomic E-state index is 12.9. The van der Waals surface area contributed by atoms with Gasteiger partial charge in [-0.2, -0.15) is 0 Å². The van der Waals surface area contributed by atoms with Gasteiger partial charge in [0.1, 0.15) is 5.82 Å². The molecule has 0 aliphatic heterocycles. The zero-order chi connectivity index (χ0) is 19.2. The summed E-state index contributed by atoms with van der Waals surface area (Å²) >= 11 is 0. The lowest BCUT2D eigenvalue weighted by Gasteiger charge is -2.26. The number of carbonyl (C=O) groups is 2. The highest BCUT2D eigenvalue weighted by Crippen LogP contribution is 2.17. The van der Waals surface area contributed by atoms with Crippen molar-refractivity contribution in [1.82, 2.24) is 20.6 Å². The van der Waals surface area contributed by atoms with E-state index in [0.29, 0.717) is 0 Å². The third-order valence-electron chi connectivity index (χ3n) is 4.60. The van der Waals surface area contributed by atoms with Crippen molar-refractivity contribution in [3.05, 3.63) is 59.4 Å². The molecule has 1 aliphatic carbocycles. The smallest absolute Gasteiger partial charge is 0.272 e. The molecular weight excluding hydrogens is 385 g/mol. The van der Waals surface area contributed by atoms with Crippen molar-refractivity contribution in [2.75, 3.05) is 0 Å². The summed E-state index contributed by atoms with van der Waals surface area (Å²) in [5, 5.41) is 5.59. The average molecular weight is 408 g/mol. The van der Waals surface area contributed by atoms with E-state index in [4.69, 9.17) is 5.73 Å². The fraction of sp³-hybridized carbons (Fsp3) is 0.368. The highest BCUT2D eigenvalue weighted by atomic mass is 35.5. The topological polar surface area (TPSA) is 110 Å². The number of amides is 2. The lowest BCUT2D eigenvalue weighted by Crippen LogP contribution is -2.41. The van der Waals surface area contributed by atoms with Crippen LogP contribution in [0.1, 0.15) is 52.2 Å². The van der Waals surface area contributed by atoms with E-state index in [1.807, 2.05) is 0 Å². The van der Waals surface area contributed by atoms with Gasteiger partial charge in [0.15, 0.2) is 11.4 Å². The quantitative estimate of drug-likeness (QED) is 0.701. The van der Waals surface area contributed by atoms with E-state index < -0.39 is 11.8 Å². The van der Waals surface area contributed by atoms with Gasteiger partial charge in [-0.05, 0) is 43.4 Å². The lowest BCUT2D eigenvalue weighted by atomic mass is 9.92. The molecule has 4 N–H and O–H groups in total. The van der Waals surface area contributed by atoms with Crippen LogP contribution in [0.4, 0.5) is 4.39 Å². The Morgan fingerprint density at radius 2 is 1.57 bits per heavy atom. The van der Waals surface area contributed by atoms with Crippen molar-refractivity contribution >= 4 is 24.2 Å². The van der Waals surface area contributed by atoms with Gasteiger partial charge in [0.2, 0.25) is 0 Å². The number of rotatable bonds is 5. The van der Waals surface area contributed by atoms with Crippen LogP contribution in [0.15, 0.2) is 36.7 Å². The van der Waals surface area contributed by atoms with Gasteiger partial charge < -0.3 is 16.4 Å². The van der Waals surface area contributed by atoms with Gasteiger partial charge in [0.05, 0.1) is 0 Å². The van der Waals surface area contributed by atoms with E-state index in [2.05, 4.69) is 20.6 Å². The monoisotopic (exact) mass is 407 g/mol. The van der Waals surface area contributed by atoms with Gasteiger partial charge in [-0.1, -0.05) is 12.1 Å². The van der Waals surface area contributed by atoms with E-state index in [1.165, 1.54) is 24.5 Å². The van der Waals surface area contributed by atoms with E-state index in [-0.39, 0.29) is 48.2 Å². The number of benzene rings is 1. The molecule has 28 heavy (non-hydrogen) atoms. The third-order valence-corrected chi connectivity index (χ3v) is 4.60. The highest BCUT2D eigenvalue weighted by Gasteiger charge is 2.24. The molecule has 0 radical (unpaired) electrons. The number of hydrogen-bond acceptors (Lipinski definition) is 5. The van der Waals surface area contributed by atoms with Crippen molar-refractivity contribution in [2.24, 2.45) is 5.73 Å². The molecule has 0 spiro atoms. The molecule has 7 nitrogen and oxygen atoms in total. The molecule has 1 fully saturated rings. The third kappa shape index (κ3) is 5.71. The fourth-order valence-electron chi connectivity index (χ4n) is 3.06.